The van der Waals surface area contributed by atoms with Crippen molar-refractivity contribution in [3.63, 3.8) is 0 Å². The highest BCUT2D eigenvalue weighted by Gasteiger charge is 2.35. The molecule has 1 saturated carbocycles. The zero-order valence-corrected chi connectivity index (χ0v) is 10.3. The second-order valence-electron chi connectivity index (χ2n) is 5.63. The highest BCUT2D eigenvalue weighted by Crippen LogP contribution is 2.46. The van der Waals surface area contributed by atoms with Gasteiger partial charge in [0.1, 0.15) is 0 Å². The molecular weight excluding hydrogens is 168 g/mol. The third-order valence-electron chi connectivity index (χ3n) is 3.07. The van der Waals surface area contributed by atoms with Gasteiger partial charge < -0.3 is 0 Å². The monoisotopic (exact) mass is 194 g/mol. The normalized spacial score (nSPS) is 26.7. The lowest BCUT2D eigenvalue weighted by molar-refractivity contribution is 0.503. The highest BCUT2D eigenvalue weighted by molar-refractivity contribution is 4.91. The van der Waals surface area contributed by atoms with E-state index < -0.39 is 0 Å². The highest BCUT2D eigenvalue weighted by atomic mass is 14.4. The Morgan fingerprint density at radius 2 is 1.86 bits per heavy atom. The maximum atomic E-state index is 2.37. The average molecular weight is 194 g/mol. The zero-order valence-electron chi connectivity index (χ0n) is 10.3. The fourth-order valence-electron chi connectivity index (χ4n) is 2.24. The van der Waals surface area contributed by atoms with Gasteiger partial charge in [-0.1, -0.05) is 39.8 Å². The third kappa shape index (κ3) is 4.83. The Bertz CT molecular complexity index is 176. The van der Waals surface area contributed by atoms with Crippen molar-refractivity contribution >= 4 is 0 Å². The van der Waals surface area contributed by atoms with Gasteiger partial charge in [0, 0.05) is 0 Å². The predicted octanol–water partition coefficient (Wildman–Crippen LogP) is 4.66. The van der Waals surface area contributed by atoms with Crippen molar-refractivity contribution in [1.82, 2.24) is 0 Å². The molecule has 0 heterocycles. The van der Waals surface area contributed by atoms with Gasteiger partial charge in [-0.15, -0.1) is 0 Å². The molecule has 0 aromatic heterocycles. The van der Waals surface area contributed by atoms with Crippen LogP contribution in [0.5, 0.6) is 0 Å². The van der Waals surface area contributed by atoms with Crippen LogP contribution in [-0.4, -0.2) is 0 Å². The van der Waals surface area contributed by atoms with E-state index in [1.54, 1.807) is 0 Å². The lowest BCUT2D eigenvalue weighted by Crippen LogP contribution is -1.90. The van der Waals surface area contributed by atoms with Crippen molar-refractivity contribution in [2.24, 2.45) is 23.7 Å². The van der Waals surface area contributed by atoms with Crippen molar-refractivity contribution in [3.8, 4) is 0 Å². The molecule has 1 aliphatic carbocycles. The maximum Gasteiger partial charge on any atom is -0.0290 e. The molecule has 2 atom stereocenters. The lowest BCUT2D eigenvalue weighted by atomic mass is 10.0. The van der Waals surface area contributed by atoms with Crippen LogP contribution in [0.25, 0.3) is 0 Å². The fraction of sp³-hybridized carbons (Fsp3) is 0.857. The standard InChI is InChI=1S/C14H26/c1-11(2)7-5-6-8-13-10-14(13)9-12(3)4/h5,7,11-14H,6,8-10H2,1-4H3/b7-5+. The van der Waals surface area contributed by atoms with Crippen LogP contribution in [0.2, 0.25) is 0 Å². The molecular formula is C14H26. The topological polar surface area (TPSA) is 0 Å². The smallest absolute Gasteiger partial charge is 0.0290 e. The second-order valence-corrected chi connectivity index (χ2v) is 5.63. The van der Waals surface area contributed by atoms with Crippen LogP contribution in [0.1, 0.15) is 53.4 Å². The van der Waals surface area contributed by atoms with E-state index in [1.807, 2.05) is 0 Å². The van der Waals surface area contributed by atoms with Crippen LogP contribution in [0, 0.1) is 23.7 Å². The van der Waals surface area contributed by atoms with E-state index in [0.717, 1.165) is 23.7 Å². The van der Waals surface area contributed by atoms with E-state index in [2.05, 4.69) is 39.8 Å². The molecule has 2 unspecified atom stereocenters. The van der Waals surface area contributed by atoms with Crippen LogP contribution in [0.4, 0.5) is 0 Å². The summed E-state index contributed by atoms with van der Waals surface area (Å²) in [4.78, 5) is 0. The number of hydrogen-bond acceptors (Lipinski definition) is 0. The number of hydrogen-bond donors (Lipinski definition) is 0. The Hall–Kier alpha value is -0.260. The molecule has 0 saturated heterocycles. The Morgan fingerprint density at radius 3 is 2.43 bits per heavy atom. The van der Waals surface area contributed by atoms with E-state index in [0.29, 0.717) is 0 Å². The molecule has 0 heteroatoms. The first-order valence-corrected chi connectivity index (χ1v) is 6.26. The maximum absolute atomic E-state index is 2.37. The van der Waals surface area contributed by atoms with Gasteiger partial charge in [0.2, 0.25) is 0 Å². The van der Waals surface area contributed by atoms with Gasteiger partial charge in [0.05, 0.1) is 0 Å². The molecule has 0 aromatic rings. The van der Waals surface area contributed by atoms with E-state index in [4.69, 9.17) is 0 Å². The first-order chi connectivity index (χ1) is 6.59. The summed E-state index contributed by atoms with van der Waals surface area (Å²) in [5.41, 5.74) is 0. The summed E-state index contributed by atoms with van der Waals surface area (Å²) >= 11 is 0. The van der Waals surface area contributed by atoms with Gasteiger partial charge in [0.15, 0.2) is 0 Å². The molecule has 0 bridgehead atoms. The van der Waals surface area contributed by atoms with E-state index >= 15 is 0 Å². The molecule has 82 valence electrons. The molecule has 0 nitrogen and oxygen atoms in total. The predicted molar refractivity (Wildman–Crippen MR) is 64.3 cm³/mol. The van der Waals surface area contributed by atoms with Gasteiger partial charge >= 0.3 is 0 Å². The minimum Gasteiger partial charge on any atom is -0.0883 e. The van der Waals surface area contributed by atoms with Crippen molar-refractivity contribution in [1.29, 1.82) is 0 Å². The molecule has 0 aromatic carbocycles. The SMILES string of the molecule is CC(C)/C=C/CCC1CC1CC(C)C. The molecule has 0 spiro atoms. The van der Waals surface area contributed by atoms with Gasteiger partial charge in [-0.25, -0.2) is 0 Å². The molecule has 1 rings (SSSR count). The quantitative estimate of drug-likeness (QED) is 0.539. The molecule has 0 aliphatic heterocycles. The van der Waals surface area contributed by atoms with Gasteiger partial charge in [-0.3, -0.25) is 0 Å². The molecule has 0 N–H and O–H groups in total. The first kappa shape index (κ1) is 11.8. The van der Waals surface area contributed by atoms with Crippen LogP contribution in [0.3, 0.4) is 0 Å². The summed E-state index contributed by atoms with van der Waals surface area (Å²) in [6, 6.07) is 0. The van der Waals surface area contributed by atoms with Crippen LogP contribution in [0.15, 0.2) is 12.2 Å². The Morgan fingerprint density at radius 1 is 1.14 bits per heavy atom. The first-order valence-electron chi connectivity index (χ1n) is 6.26. The fourth-order valence-corrected chi connectivity index (χ4v) is 2.24. The summed E-state index contributed by atoms with van der Waals surface area (Å²) in [6.07, 6.45) is 10.4. The van der Waals surface area contributed by atoms with E-state index in [-0.39, 0.29) is 0 Å². The minimum atomic E-state index is 0.723. The van der Waals surface area contributed by atoms with E-state index in [1.165, 1.54) is 25.7 Å². The average Bonchev–Trinajstić information content (AvgIpc) is 2.76. The molecule has 0 radical (unpaired) electrons. The second kappa shape index (κ2) is 5.58. The van der Waals surface area contributed by atoms with Crippen molar-refractivity contribution in [3.05, 3.63) is 12.2 Å². The van der Waals surface area contributed by atoms with Crippen molar-refractivity contribution < 1.29 is 0 Å². The Labute approximate surface area is 89.8 Å². The van der Waals surface area contributed by atoms with Gasteiger partial charge in [0.25, 0.3) is 0 Å². The number of allylic oxidation sites excluding steroid dienone is 2. The van der Waals surface area contributed by atoms with Crippen LogP contribution < -0.4 is 0 Å². The molecule has 0 amide bonds. The summed E-state index contributed by atoms with van der Waals surface area (Å²) in [7, 11) is 0. The Balaban J connectivity index is 2.00. The molecule has 1 fully saturated rings. The number of rotatable bonds is 6. The summed E-state index contributed by atoms with van der Waals surface area (Å²) in [5.74, 6) is 3.76. The Kier molecular flexibility index (Phi) is 4.71. The van der Waals surface area contributed by atoms with Crippen LogP contribution in [-0.2, 0) is 0 Å². The zero-order chi connectivity index (χ0) is 10.6. The molecule has 14 heavy (non-hydrogen) atoms. The van der Waals surface area contributed by atoms with E-state index in [9.17, 15) is 0 Å². The summed E-state index contributed by atoms with van der Waals surface area (Å²) in [6.45, 7) is 9.17. The third-order valence-corrected chi connectivity index (χ3v) is 3.07. The lowest BCUT2D eigenvalue weighted by Gasteiger charge is -2.02. The van der Waals surface area contributed by atoms with Crippen molar-refractivity contribution in [2.45, 2.75) is 53.4 Å². The van der Waals surface area contributed by atoms with Gasteiger partial charge in [-0.05, 0) is 49.4 Å². The van der Waals surface area contributed by atoms with Crippen molar-refractivity contribution in [2.75, 3.05) is 0 Å². The minimum absolute atomic E-state index is 0.723. The largest absolute Gasteiger partial charge is 0.0883 e. The summed E-state index contributed by atoms with van der Waals surface area (Å²) < 4.78 is 0. The molecule has 1 aliphatic rings. The summed E-state index contributed by atoms with van der Waals surface area (Å²) in [5, 5.41) is 0. The van der Waals surface area contributed by atoms with Crippen LogP contribution >= 0.6 is 0 Å². The van der Waals surface area contributed by atoms with Gasteiger partial charge in [-0.2, -0.15) is 0 Å².